The number of pyridine rings is 1. The Morgan fingerprint density at radius 3 is 2.48 bits per heavy atom. The number of hydrogen-bond acceptors (Lipinski definition) is 6. The Morgan fingerprint density at radius 2 is 1.87 bits per heavy atom. The fourth-order valence-corrected chi connectivity index (χ4v) is 3.90. The van der Waals surface area contributed by atoms with E-state index < -0.39 is 29.7 Å². The van der Waals surface area contributed by atoms with Gasteiger partial charge in [0.15, 0.2) is 0 Å². The van der Waals surface area contributed by atoms with Gasteiger partial charge in [-0.1, -0.05) is 44.0 Å². The average molecular weight is 423 g/mol. The van der Waals surface area contributed by atoms with Crippen LogP contribution >= 0.6 is 0 Å². The van der Waals surface area contributed by atoms with E-state index in [4.69, 9.17) is 0 Å². The number of benzene rings is 1. The van der Waals surface area contributed by atoms with Gasteiger partial charge in [0, 0.05) is 18.0 Å². The zero-order chi connectivity index (χ0) is 22.5. The summed E-state index contributed by atoms with van der Waals surface area (Å²) >= 11 is 0. The molecule has 3 N–H and O–H groups in total. The normalized spacial score (nSPS) is 18.8. The number of unbranched alkanes of at least 4 members (excludes halogenated alkanes) is 1. The van der Waals surface area contributed by atoms with Crippen molar-refractivity contribution >= 4 is 23.4 Å². The fraction of sp³-hybridized carbons (Fsp3) is 0.304. The first kappa shape index (κ1) is 22.2. The highest BCUT2D eigenvalue weighted by Crippen LogP contribution is 2.42. The Bertz CT molecular complexity index is 1020. The Labute approximate surface area is 180 Å². The van der Waals surface area contributed by atoms with Gasteiger partial charge in [0.2, 0.25) is 0 Å². The Morgan fingerprint density at radius 1 is 1.19 bits per heavy atom. The minimum atomic E-state index is -1.08. The number of ketones is 1. The molecule has 1 aliphatic heterocycles. The van der Waals surface area contributed by atoms with Crippen LogP contribution in [0.5, 0.6) is 0 Å². The van der Waals surface area contributed by atoms with E-state index in [-0.39, 0.29) is 17.8 Å². The number of rotatable bonds is 7. The molecular formula is C23H25N3O5. The van der Waals surface area contributed by atoms with Crippen LogP contribution in [0.15, 0.2) is 54.4 Å². The minimum absolute atomic E-state index is 0.0993. The summed E-state index contributed by atoms with van der Waals surface area (Å²) in [7, 11) is 0. The van der Waals surface area contributed by atoms with Crippen molar-refractivity contribution in [2.75, 3.05) is 0 Å². The third kappa shape index (κ3) is 4.20. The molecule has 0 bridgehead atoms. The first-order chi connectivity index (χ1) is 14.9. The molecule has 2 atom stereocenters. The number of carbonyl (C=O) groups excluding carboxylic acids is 3. The van der Waals surface area contributed by atoms with Gasteiger partial charge in [-0.15, -0.1) is 0 Å². The second kappa shape index (κ2) is 9.53. The molecule has 2 heterocycles. The molecule has 31 heavy (non-hydrogen) atoms. The number of likely N-dealkylation sites (tertiary alicyclic amines) is 1. The molecule has 2 aromatic rings. The van der Waals surface area contributed by atoms with Crippen molar-refractivity contribution in [3.63, 3.8) is 0 Å². The number of aromatic nitrogens is 1. The van der Waals surface area contributed by atoms with Crippen molar-refractivity contribution in [3.05, 3.63) is 71.1 Å². The van der Waals surface area contributed by atoms with Crippen molar-refractivity contribution in [1.82, 2.24) is 15.4 Å². The van der Waals surface area contributed by atoms with Crippen molar-refractivity contribution in [2.24, 2.45) is 0 Å². The first-order valence-electron chi connectivity index (χ1n) is 10.1. The molecule has 1 saturated heterocycles. The zero-order valence-corrected chi connectivity index (χ0v) is 17.4. The summed E-state index contributed by atoms with van der Waals surface area (Å²) in [6, 6.07) is 8.19. The number of Topliss-reactive ketones (excluding diaryl/α,β-unsaturated/α-hetero) is 1. The van der Waals surface area contributed by atoms with Gasteiger partial charge in [-0.05, 0) is 36.6 Å². The molecule has 162 valence electrons. The molecular weight excluding hydrogens is 398 g/mol. The molecule has 1 aromatic heterocycles. The molecule has 1 aromatic carbocycles. The van der Waals surface area contributed by atoms with Gasteiger partial charge >= 0.3 is 0 Å². The van der Waals surface area contributed by atoms with Crippen molar-refractivity contribution < 1.29 is 24.7 Å². The number of hydrogen-bond donors (Lipinski definition) is 3. The highest BCUT2D eigenvalue weighted by molar-refractivity contribution is 6.47. The van der Waals surface area contributed by atoms with Gasteiger partial charge in [-0.2, -0.15) is 0 Å². The summed E-state index contributed by atoms with van der Waals surface area (Å²) in [6.45, 7) is 3.76. The zero-order valence-electron chi connectivity index (χ0n) is 17.4. The van der Waals surface area contributed by atoms with Gasteiger partial charge in [-0.25, -0.2) is 5.48 Å². The van der Waals surface area contributed by atoms with E-state index in [0.717, 1.165) is 12.0 Å². The lowest BCUT2D eigenvalue weighted by Gasteiger charge is -2.32. The van der Waals surface area contributed by atoms with Crippen LogP contribution in [-0.4, -0.2) is 43.8 Å². The summed E-state index contributed by atoms with van der Waals surface area (Å²) in [4.78, 5) is 43.8. The largest absolute Gasteiger partial charge is 0.507 e. The summed E-state index contributed by atoms with van der Waals surface area (Å²) < 4.78 is 0. The Hall–Kier alpha value is -3.52. The molecule has 0 spiro atoms. The molecule has 0 radical (unpaired) electrons. The molecule has 8 nitrogen and oxygen atoms in total. The van der Waals surface area contributed by atoms with Crippen LogP contribution < -0.4 is 5.48 Å². The van der Waals surface area contributed by atoms with E-state index in [1.54, 1.807) is 17.6 Å². The highest BCUT2D eigenvalue weighted by Gasteiger charge is 2.50. The fourth-order valence-electron chi connectivity index (χ4n) is 3.90. The maximum Gasteiger partial charge on any atom is 0.296 e. The van der Waals surface area contributed by atoms with Crippen molar-refractivity contribution in [1.29, 1.82) is 0 Å². The van der Waals surface area contributed by atoms with Crippen LogP contribution in [0.25, 0.3) is 5.76 Å². The van der Waals surface area contributed by atoms with Gasteiger partial charge in [-0.3, -0.25) is 24.6 Å². The number of nitrogens with zero attached hydrogens (tertiary/aromatic N) is 2. The van der Waals surface area contributed by atoms with Crippen molar-refractivity contribution in [3.8, 4) is 0 Å². The minimum Gasteiger partial charge on any atom is -0.507 e. The van der Waals surface area contributed by atoms with Crippen LogP contribution in [0.3, 0.4) is 0 Å². The van der Waals surface area contributed by atoms with E-state index in [1.807, 2.05) is 26.0 Å². The lowest BCUT2D eigenvalue weighted by atomic mass is 9.92. The van der Waals surface area contributed by atoms with Crippen LogP contribution in [0.4, 0.5) is 0 Å². The predicted molar refractivity (Wildman–Crippen MR) is 113 cm³/mol. The number of nitrogens with one attached hydrogen (secondary N) is 1. The van der Waals surface area contributed by atoms with Gasteiger partial charge < -0.3 is 10.0 Å². The van der Waals surface area contributed by atoms with E-state index in [1.165, 1.54) is 29.4 Å². The second-order valence-electron chi connectivity index (χ2n) is 7.43. The monoisotopic (exact) mass is 423 g/mol. The number of aliphatic hydroxyl groups is 1. The van der Waals surface area contributed by atoms with Crippen LogP contribution in [0.1, 0.15) is 48.9 Å². The number of amides is 2. The second-order valence-corrected chi connectivity index (χ2v) is 7.43. The summed E-state index contributed by atoms with van der Waals surface area (Å²) in [5.74, 6) is -2.89. The maximum absolute atomic E-state index is 13.1. The number of aryl methyl sites for hydroxylation is 1. The number of carbonyl (C=O) groups is 3. The third-order valence-electron chi connectivity index (χ3n) is 5.50. The smallest absolute Gasteiger partial charge is 0.296 e. The quantitative estimate of drug-likeness (QED) is 0.207. The molecule has 0 saturated carbocycles. The van der Waals surface area contributed by atoms with E-state index in [0.29, 0.717) is 17.5 Å². The molecule has 1 fully saturated rings. The van der Waals surface area contributed by atoms with E-state index >= 15 is 0 Å². The Kier molecular flexibility index (Phi) is 6.81. The van der Waals surface area contributed by atoms with Crippen LogP contribution in [0.2, 0.25) is 0 Å². The summed E-state index contributed by atoms with van der Waals surface area (Å²) in [5.41, 5.74) is 3.26. The molecule has 2 amide bonds. The third-order valence-corrected chi connectivity index (χ3v) is 5.50. The van der Waals surface area contributed by atoms with E-state index in [2.05, 4.69) is 4.98 Å². The predicted octanol–water partition coefficient (Wildman–Crippen LogP) is 2.88. The molecule has 1 aliphatic rings. The highest BCUT2D eigenvalue weighted by atomic mass is 16.5. The van der Waals surface area contributed by atoms with E-state index in [9.17, 15) is 24.7 Å². The molecule has 0 aliphatic carbocycles. The van der Waals surface area contributed by atoms with Gasteiger partial charge in [0.1, 0.15) is 11.8 Å². The van der Waals surface area contributed by atoms with Crippen LogP contribution in [-0.2, 0) is 14.4 Å². The molecule has 8 heteroatoms. The van der Waals surface area contributed by atoms with Crippen LogP contribution in [0, 0.1) is 6.92 Å². The summed E-state index contributed by atoms with van der Waals surface area (Å²) in [6.07, 6.45) is 4.55. The topological polar surface area (TPSA) is 120 Å². The average Bonchev–Trinajstić information content (AvgIpc) is 3.05. The lowest BCUT2D eigenvalue weighted by Crippen LogP contribution is -2.48. The standard InChI is InChI=1S/C23H25N3O5/c1-3-4-9-17(22(29)25-31)26-19(16-8-6-5-7-14(16)2)18(21(28)23(26)30)20(27)15-10-12-24-13-11-15/h5-8,10-13,17,19,27,31H,3-4,9H2,1-2H3,(H,25,29). The Balaban J connectivity index is 2.25. The first-order valence-corrected chi connectivity index (χ1v) is 10.1. The van der Waals surface area contributed by atoms with Gasteiger partial charge in [0.05, 0.1) is 11.6 Å². The molecule has 3 rings (SSSR count). The number of hydroxylamine groups is 1. The number of aliphatic hydroxyl groups excluding tert-OH is 1. The van der Waals surface area contributed by atoms with Crippen molar-refractivity contribution in [2.45, 2.75) is 45.2 Å². The maximum atomic E-state index is 13.1. The molecule has 2 unspecified atom stereocenters. The summed E-state index contributed by atoms with van der Waals surface area (Å²) in [5, 5.41) is 20.3. The SMILES string of the molecule is CCCCC(C(=O)NO)N1C(=O)C(=O)C(=C(O)c2ccncc2)C1c1ccccc1C. The van der Waals surface area contributed by atoms with Gasteiger partial charge in [0.25, 0.3) is 17.6 Å². The lowest BCUT2D eigenvalue weighted by molar-refractivity contribution is -0.147.